The van der Waals surface area contributed by atoms with Gasteiger partial charge in [-0.2, -0.15) is 0 Å². The Hall–Kier alpha value is -1.71. The number of primary amides is 1. The minimum atomic E-state index is -0.555. The van der Waals surface area contributed by atoms with Crippen molar-refractivity contribution in [1.82, 2.24) is 0 Å². The number of rotatable bonds is 3. The molecule has 0 radical (unpaired) electrons. The SMILES string of the molecule is CCC1(CC)CCc2c(O)cc(C(N)=O)cc2O1. The Bertz CT molecular complexity index is 478. The lowest BCUT2D eigenvalue weighted by molar-refractivity contribution is 0.0375. The van der Waals surface area contributed by atoms with Crippen LogP contribution in [0.5, 0.6) is 11.5 Å². The van der Waals surface area contributed by atoms with Crippen molar-refractivity contribution in [3.63, 3.8) is 0 Å². The molecule has 1 amide bonds. The van der Waals surface area contributed by atoms with E-state index in [9.17, 15) is 9.90 Å². The molecular weight excluding hydrogens is 230 g/mol. The highest BCUT2D eigenvalue weighted by molar-refractivity contribution is 5.94. The van der Waals surface area contributed by atoms with Crippen molar-refractivity contribution in [2.24, 2.45) is 5.73 Å². The zero-order valence-electron chi connectivity index (χ0n) is 10.8. The van der Waals surface area contributed by atoms with E-state index >= 15 is 0 Å². The van der Waals surface area contributed by atoms with Crippen LogP contribution in [0.15, 0.2) is 12.1 Å². The van der Waals surface area contributed by atoms with Crippen LogP contribution in [-0.4, -0.2) is 16.6 Å². The van der Waals surface area contributed by atoms with Gasteiger partial charge in [0.05, 0.1) is 0 Å². The standard InChI is InChI=1S/C14H19NO3/c1-3-14(4-2)6-5-10-11(16)7-9(13(15)17)8-12(10)18-14/h7-8,16H,3-6H2,1-2H3,(H2,15,17). The topological polar surface area (TPSA) is 72.5 Å². The van der Waals surface area contributed by atoms with Crippen LogP contribution in [0.2, 0.25) is 0 Å². The molecule has 0 unspecified atom stereocenters. The summed E-state index contributed by atoms with van der Waals surface area (Å²) in [6.45, 7) is 4.18. The number of hydrogen-bond acceptors (Lipinski definition) is 3. The summed E-state index contributed by atoms with van der Waals surface area (Å²) in [6, 6.07) is 3.05. The van der Waals surface area contributed by atoms with Crippen LogP contribution in [-0.2, 0) is 6.42 Å². The summed E-state index contributed by atoms with van der Waals surface area (Å²) in [5.41, 5.74) is 6.12. The van der Waals surface area contributed by atoms with E-state index < -0.39 is 5.91 Å². The molecule has 0 bridgehead atoms. The molecule has 0 saturated heterocycles. The largest absolute Gasteiger partial charge is 0.508 e. The normalized spacial score (nSPS) is 16.8. The molecule has 0 spiro atoms. The van der Waals surface area contributed by atoms with Gasteiger partial charge < -0.3 is 15.6 Å². The number of aromatic hydroxyl groups is 1. The lowest BCUT2D eigenvalue weighted by Crippen LogP contribution is -2.38. The first kappa shape index (κ1) is 12.7. The molecule has 1 aliphatic rings. The van der Waals surface area contributed by atoms with Gasteiger partial charge in [0.1, 0.15) is 17.1 Å². The fourth-order valence-electron chi connectivity index (χ4n) is 2.50. The Labute approximate surface area is 107 Å². The van der Waals surface area contributed by atoms with Crippen LogP contribution in [0.1, 0.15) is 49.0 Å². The van der Waals surface area contributed by atoms with Crippen molar-refractivity contribution < 1.29 is 14.6 Å². The number of fused-ring (bicyclic) bond motifs is 1. The summed E-state index contributed by atoms with van der Waals surface area (Å²) in [5.74, 6) is 0.140. The summed E-state index contributed by atoms with van der Waals surface area (Å²) in [5, 5.41) is 9.91. The van der Waals surface area contributed by atoms with Crippen molar-refractivity contribution >= 4 is 5.91 Å². The van der Waals surface area contributed by atoms with E-state index in [-0.39, 0.29) is 16.9 Å². The highest BCUT2D eigenvalue weighted by Crippen LogP contribution is 2.41. The Morgan fingerprint density at radius 2 is 2.11 bits per heavy atom. The Balaban J connectivity index is 2.45. The molecule has 1 aliphatic heterocycles. The molecule has 0 aromatic heterocycles. The number of amides is 1. The second-order valence-electron chi connectivity index (χ2n) is 4.83. The highest BCUT2D eigenvalue weighted by Gasteiger charge is 2.34. The minimum absolute atomic E-state index is 0.0992. The predicted molar refractivity (Wildman–Crippen MR) is 68.9 cm³/mol. The number of phenolic OH excluding ortho intramolecular Hbond substituents is 1. The molecule has 1 heterocycles. The zero-order chi connectivity index (χ0) is 13.3. The fraction of sp³-hybridized carbons (Fsp3) is 0.500. The molecule has 2 rings (SSSR count). The van der Waals surface area contributed by atoms with Crippen LogP contribution in [0, 0.1) is 0 Å². The second-order valence-corrected chi connectivity index (χ2v) is 4.83. The summed E-state index contributed by atoms with van der Waals surface area (Å²) in [4.78, 5) is 11.2. The number of ether oxygens (including phenoxy) is 1. The monoisotopic (exact) mass is 249 g/mol. The van der Waals surface area contributed by atoms with Gasteiger partial charge in [-0.05, 0) is 37.8 Å². The molecule has 1 aromatic rings. The molecule has 1 aromatic carbocycles. The van der Waals surface area contributed by atoms with Gasteiger partial charge in [-0.25, -0.2) is 0 Å². The molecule has 4 nitrogen and oxygen atoms in total. The van der Waals surface area contributed by atoms with E-state index in [1.165, 1.54) is 6.07 Å². The number of carbonyl (C=O) groups is 1. The number of phenols is 1. The molecule has 98 valence electrons. The highest BCUT2D eigenvalue weighted by atomic mass is 16.5. The van der Waals surface area contributed by atoms with Crippen molar-refractivity contribution in [2.45, 2.75) is 45.1 Å². The molecule has 0 aliphatic carbocycles. The quantitative estimate of drug-likeness (QED) is 0.863. The van der Waals surface area contributed by atoms with Crippen LogP contribution >= 0.6 is 0 Å². The summed E-state index contributed by atoms with van der Waals surface area (Å²) in [7, 11) is 0. The fourth-order valence-corrected chi connectivity index (χ4v) is 2.50. The first-order valence-electron chi connectivity index (χ1n) is 6.36. The van der Waals surface area contributed by atoms with Crippen LogP contribution in [0.25, 0.3) is 0 Å². The van der Waals surface area contributed by atoms with Crippen molar-refractivity contribution in [1.29, 1.82) is 0 Å². The molecule has 3 N–H and O–H groups in total. The predicted octanol–water partition coefficient (Wildman–Crippen LogP) is 2.37. The van der Waals surface area contributed by atoms with Crippen LogP contribution < -0.4 is 10.5 Å². The van der Waals surface area contributed by atoms with Gasteiger partial charge in [0, 0.05) is 11.1 Å². The molecule has 0 fully saturated rings. The first-order chi connectivity index (χ1) is 8.51. The molecule has 18 heavy (non-hydrogen) atoms. The maximum absolute atomic E-state index is 11.2. The molecule has 0 atom stereocenters. The molecule has 0 saturated carbocycles. The maximum Gasteiger partial charge on any atom is 0.248 e. The smallest absolute Gasteiger partial charge is 0.248 e. The van der Waals surface area contributed by atoms with Crippen molar-refractivity contribution in [2.75, 3.05) is 0 Å². The minimum Gasteiger partial charge on any atom is -0.508 e. The van der Waals surface area contributed by atoms with E-state index in [1.54, 1.807) is 6.07 Å². The van der Waals surface area contributed by atoms with Gasteiger partial charge >= 0.3 is 0 Å². The van der Waals surface area contributed by atoms with E-state index in [0.29, 0.717) is 5.75 Å². The zero-order valence-corrected chi connectivity index (χ0v) is 10.8. The second kappa shape index (κ2) is 4.52. The Morgan fingerprint density at radius 3 is 2.67 bits per heavy atom. The van der Waals surface area contributed by atoms with Gasteiger partial charge in [-0.3, -0.25) is 4.79 Å². The third-order valence-electron chi connectivity index (χ3n) is 3.92. The average molecular weight is 249 g/mol. The van der Waals surface area contributed by atoms with Crippen LogP contribution in [0.4, 0.5) is 0 Å². The lowest BCUT2D eigenvalue weighted by Gasteiger charge is -2.37. The number of nitrogens with two attached hydrogens (primary N) is 1. The number of carbonyl (C=O) groups excluding carboxylic acids is 1. The Kier molecular flexibility index (Phi) is 3.20. The van der Waals surface area contributed by atoms with E-state index in [2.05, 4.69) is 13.8 Å². The summed E-state index contributed by atoms with van der Waals surface area (Å²) in [6.07, 6.45) is 3.47. The summed E-state index contributed by atoms with van der Waals surface area (Å²) >= 11 is 0. The number of benzene rings is 1. The average Bonchev–Trinajstić information content (AvgIpc) is 2.37. The summed E-state index contributed by atoms with van der Waals surface area (Å²) < 4.78 is 6.02. The maximum atomic E-state index is 11.2. The lowest BCUT2D eigenvalue weighted by atomic mass is 9.86. The molecule has 4 heteroatoms. The van der Waals surface area contributed by atoms with Gasteiger partial charge in [0.2, 0.25) is 5.91 Å². The third-order valence-corrected chi connectivity index (χ3v) is 3.92. The molecular formula is C14H19NO3. The Morgan fingerprint density at radius 1 is 1.44 bits per heavy atom. The van der Waals surface area contributed by atoms with Gasteiger partial charge in [0.25, 0.3) is 0 Å². The van der Waals surface area contributed by atoms with Gasteiger partial charge in [0.15, 0.2) is 0 Å². The van der Waals surface area contributed by atoms with Crippen molar-refractivity contribution in [3.05, 3.63) is 23.3 Å². The number of hydrogen-bond donors (Lipinski definition) is 2. The van der Waals surface area contributed by atoms with E-state index in [4.69, 9.17) is 10.5 Å². The van der Waals surface area contributed by atoms with Gasteiger partial charge in [-0.1, -0.05) is 13.8 Å². The van der Waals surface area contributed by atoms with Crippen LogP contribution in [0.3, 0.4) is 0 Å². The van der Waals surface area contributed by atoms with Crippen molar-refractivity contribution in [3.8, 4) is 11.5 Å². The van der Waals surface area contributed by atoms with Gasteiger partial charge in [-0.15, -0.1) is 0 Å². The third kappa shape index (κ3) is 2.03. The van der Waals surface area contributed by atoms with E-state index in [1.807, 2.05) is 0 Å². The first-order valence-corrected chi connectivity index (χ1v) is 6.36. The van der Waals surface area contributed by atoms with E-state index in [0.717, 1.165) is 31.2 Å².